The fourth-order valence-electron chi connectivity index (χ4n) is 2.66. The molecule has 0 saturated heterocycles. The number of rotatable bonds is 5. The average molecular weight is 441 g/mol. The number of carbonyl (C=O) groups is 1. The fourth-order valence-corrected chi connectivity index (χ4v) is 5.01. The van der Waals surface area contributed by atoms with Crippen LogP contribution in [0.3, 0.4) is 0 Å². The van der Waals surface area contributed by atoms with Crippen LogP contribution in [0.2, 0.25) is 0 Å². The number of nitrogens with one attached hydrogen (secondary N) is 1. The monoisotopic (exact) mass is 441 g/mol. The van der Waals surface area contributed by atoms with Crippen LogP contribution in [0.5, 0.6) is 0 Å². The summed E-state index contributed by atoms with van der Waals surface area (Å²) in [6.45, 7) is 1.63. The molecule has 0 aliphatic heterocycles. The van der Waals surface area contributed by atoms with E-state index in [1.54, 1.807) is 25.1 Å². The Hall–Kier alpha value is -2.69. The highest BCUT2D eigenvalue weighted by atomic mass is 32.3. The SMILES string of the molecule is Cc1ccccc1[S+](=O)(O)Nc1cc(-c2ccc(C(F)(F)F)cc2)sc1C(=O)[O-]. The van der Waals surface area contributed by atoms with Crippen molar-refractivity contribution in [1.82, 2.24) is 0 Å². The van der Waals surface area contributed by atoms with Gasteiger partial charge in [0.1, 0.15) is 5.69 Å². The van der Waals surface area contributed by atoms with Crippen LogP contribution in [0.25, 0.3) is 10.4 Å². The highest BCUT2D eigenvalue weighted by Crippen LogP contribution is 2.38. The van der Waals surface area contributed by atoms with Crippen molar-refractivity contribution in [2.24, 2.45) is 0 Å². The molecule has 29 heavy (non-hydrogen) atoms. The second-order valence-electron chi connectivity index (χ2n) is 6.11. The maximum atomic E-state index is 12.8. The lowest BCUT2D eigenvalue weighted by molar-refractivity contribution is -0.254. The molecule has 1 heterocycles. The van der Waals surface area contributed by atoms with Gasteiger partial charge in [-0.2, -0.15) is 22.4 Å². The van der Waals surface area contributed by atoms with Crippen LogP contribution in [0, 0.1) is 6.92 Å². The first-order chi connectivity index (χ1) is 13.5. The predicted molar refractivity (Wildman–Crippen MR) is 103 cm³/mol. The largest absolute Gasteiger partial charge is 0.544 e. The number of benzene rings is 2. The van der Waals surface area contributed by atoms with E-state index < -0.39 is 28.1 Å². The molecule has 0 radical (unpaired) electrons. The van der Waals surface area contributed by atoms with E-state index in [0.717, 1.165) is 23.5 Å². The van der Waals surface area contributed by atoms with E-state index in [2.05, 4.69) is 4.72 Å². The number of carbonyl (C=O) groups excluding carboxylic acids is 1. The summed E-state index contributed by atoms with van der Waals surface area (Å²) >= 11 is 0.732. The summed E-state index contributed by atoms with van der Waals surface area (Å²) in [4.78, 5) is 11.5. The first kappa shape index (κ1) is 21.0. The Balaban J connectivity index is 1.99. The minimum atomic E-state index is -4.49. The first-order valence-electron chi connectivity index (χ1n) is 8.12. The second-order valence-corrected chi connectivity index (χ2v) is 8.86. The Bertz CT molecular complexity index is 1110. The molecule has 1 atom stereocenters. The molecule has 1 aromatic heterocycles. The maximum Gasteiger partial charge on any atom is 0.416 e. The zero-order valence-electron chi connectivity index (χ0n) is 14.8. The van der Waals surface area contributed by atoms with Crippen molar-refractivity contribution in [2.45, 2.75) is 18.0 Å². The van der Waals surface area contributed by atoms with Crippen LogP contribution in [-0.4, -0.2) is 10.5 Å². The summed E-state index contributed by atoms with van der Waals surface area (Å²) in [5.41, 5.74) is -0.130. The van der Waals surface area contributed by atoms with Crippen LogP contribution >= 0.6 is 11.3 Å². The Morgan fingerprint density at radius 2 is 1.76 bits per heavy atom. The zero-order valence-corrected chi connectivity index (χ0v) is 16.5. The Morgan fingerprint density at radius 1 is 1.14 bits per heavy atom. The van der Waals surface area contributed by atoms with E-state index in [0.29, 0.717) is 16.0 Å². The number of alkyl halides is 3. The standard InChI is InChI=1S/C19H14F3NO4S2/c1-11-4-2-3-5-16(11)29(26,27)23-14-10-15(28-17(14)18(24)25)12-6-8-13(9-7-12)19(20,21)22/h2-10H,1H3,(H2-,23,24,25,26,27). The molecule has 0 aliphatic rings. The topological polar surface area (TPSA) is 89.5 Å². The highest BCUT2D eigenvalue weighted by Gasteiger charge is 2.33. The summed E-state index contributed by atoms with van der Waals surface area (Å²) in [6.07, 6.45) is -4.49. The van der Waals surface area contributed by atoms with Crippen molar-refractivity contribution in [1.29, 1.82) is 0 Å². The number of carboxylic acid groups (broad SMARTS) is 1. The summed E-state index contributed by atoms with van der Waals surface area (Å²) in [7, 11) is -3.83. The number of thiophene rings is 1. The molecule has 0 amide bonds. The third-order valence-corrected chi connectivity index (χ3v) is 6.77. The van der Waals surface area contributed by atoms with Gasteiger partial charge in [0.05, 0.1) is 16.4 Å². The molecule has 0 saturated carbocycles. The normalized spacial score (nSPS) is 13.7. The van der Waals surface area contributed by atoms with Crippen molar-refractivity contribution < 1.29 is 31.8 Å². The van der Waals surface area contributed by atoms with Crippen LogP contribution < -0.4 is 9.83 Å². The van der Waals surface area contributed by atoms with Crippen LogP contribution in [0.15, 0.2) is 59.5 Å². The van der Waals surface area contributed by atoms with Crippen molar-refractivity contribution >= 4 is 33.4 Å². The Morgan fingerprint density at radius 3 is 2.31 bits per heavy atom. The molecule has 152 valence electrons. The van der Waals surface area contributed by atoms with Crippen molar-refractivity contribution in [2.75, 3.05) is 4.72 Å². The van der Waals surface area contributed by atoms with Gasteiger partial charge in [0.2, 0.25) is 4.90 Å². The molecule has 0 spiro atoms. The smallest absolute Gasteiger partial charge is 0.416 e. The van der Waals surface area contributed by atoms with E-state index in [1.807, 2.05) is 0 Å². The lowest BCUT2D eigenvalue weighted by Crippen LogP contribution is -2.26. The number of halogens is 3. The van der Waals surface area contributed by atoms with E-state index in [1.165, 1.54) is 24.3 Å². The van der Waals surface area contributed by atoms with Crippen molar-refractivity contribution in [3.63, 3.8) is 0 Å². The quantitative estimate of drug-likeness (QED) is 0.572. The lowest BCUT2D eigenvalue weighted by atomic mass is 10.1. The minimum Gasteiger partial charge on any atom is -0.544 e. The van der Waals surface area contributed by atoms with Gasteiger partial charge in [-0.1, -0.05) is 30.3 Å². The Labute approximate surface area is 169 Å². The number of anilines is 1. The maximum absolute atomic E-state index is 12.8. The van der Waals surface area contributed by atoms with Gasteiger partial charge in [-0.15, -0.1) is 11.3 Å². The van der Waals surface area contributed by atoms with Gasteiger partial charge >= 0.3 is 16.6 Å². The third-order valence-electron chi connectivity index (χ3n) is 4.05. The third kappa shape index (κ3) is 4.50. The number of carboxylic acids is 1. The molecule has 2 aromatic carbocycles. The van der Waals surface area contributed by atoms with Gasteiger partial charge < -0.3 is 9.90 Å². The number of aryl methyl sites for hydroxylation is 1. The Kier molecular flexibility index (Phi) is 5.52. The van der Waals surface area contributed by atoms with Crippen LogP contribution in [0.1, 0.15) is 20.8 Å². The number of aromatic carboxylic acids is 1. The van der Waals surface area contributed by atoms with Gasteiger partial charge in [-0.25, -0.2) is 0 Å². The molecule has 0 aliphatic carbocycles. The van der Waals surface area contributed by atoms with Gasteiger partial charge in [-0.05, 0) is 41.0 Å². The minimum absolute atomic E-state index is 0.0894. The second kappa shape index (κ2) is 7.62. The van der Waals surface area contributed by atoms with Gasteiger partial charge in [-0.3, -0.25) is 0 Å². The van der Waals surface area contributed by atoms with Gasteiger partial charge in [0, 0.05) is 10.4 Å². The number of hydrogen-bond donors (Lipinski definition) is 2. The van der Waals surface area contributed by atoms with Crippen LogP contribution in [0.4, 0.5) is 18.9 Å². The molecule has 3 aromatic rings. The summed E-state index contributed by atoms with van der Waals surface area (Å²) < 4.78 is 63.7. The number of hydrogen-bond acceptors (Lipinski definition) is 4. The van der Waals surface area contributed by atoms with Gasteiger partial charge in [0.15, 0.2) is 0 Å². The molecular formula is C19H14F3NO4S2. The fraction of sp³-hybridized carbons (Fsp3) is 0.105. The van der Waals surface area contributed by atoms with E-state index >= 15 is 0 Å². The highest BCUT2D eigenvalue weighted by molar-refractivity contribution is 7.99. The molecular weight excluding hydrogens is 427 g/mol. The molecule has 3 rings (SSSR count). The summed E-state index contributed by atoms with van der Waals surface area (Å²) in [5, 5.41) is 11.5. The first-order valence-corrected chi connectivity index (χ1v) is 10.4. The molecule has 1 unspecified atom stereocenters. The molecule has 2 N–H and O–H groups in total. The predicted octanol–water partition coefficient (Wildman–Crippen LogP) is 4.46. The summed E-state index contributed by atoms with van der Waals surface area (Å²) in [5.74, 6) is -1.57. The van der Waals surface area contributed by atoms with Crippen molar-refractivity contribution in [3.05, 3.63) is 70.6 Å². The lowest BCUT2D eigenvalue weighted by Gasteiger charge is -2.09. The molecule has 10 heteroatoms. The van der Waals surface area contributed by atoms with E-state index in [9.17, 15) is 31.8 Å². The van der Waals surface area contributed by atoms with Crippen molar-refractivity contribution in [3.8, 4) is 10.4 Å². The van der Waals surface area contributed by atoms with Crippen LogP contribution in [-0.2, 0) is 20.8 Å². The van der Waals surface area contributed by atoms with Gasteiger partial charge in [0.25, 0.3) is 0 Å². The molecule has 0 bridgehead atoms. The van der Waals surface area contributed by atoms with E-state index in [4.69, 9.17) is 0 Å². The molecule has 5 nitrogen and oxygen atoms in total. The summed E-state index contributed by atoms with van der Waals surface area (Å²) in [6, 6.07) is 11.8. The average Bonchev–Trinajstić information content (AvgIpc) is 3.04. The zero-order chi connectivity index (χ0) is 21.4. The van der Waals surface area contributed by atoms with E-state index in [-0.39, 0.29) is 15.5 Å². The molecule has 0 fully saturated rings.